The molecule has 1 aromatic rings. The number of nitrogens with zero attached hydrogens (tertiary/aromatic N) is 3. The summed E-state index contributed by atoms with van der Waals surface area (Å²) in [4.78, 5) is 44.1. The fourth-order valence-electron chi connectivity index (χ4n) is 3.96. The van der Waals surface area contributed by atoms with Crippen LogP contribution in [-0.4, -0.2) is 44.8 Å². The molecule has 2 aliphatic rings. The number of aromatic nitrogens is 2. The number of aryl methyl sites for hydroxylation is 1. The number of allylic oxidation sites excluding steroid dienone is 2. The van der Waals surface area contributed by atoms with Crippen LogP contribution in [0.2, 0.25) is 0 Å². The minimum atomic E-state index is -0.739. The van der Waals surface area contributed by atoms with Crippen molar-refractivity contribution < 1.29 is 14.4 Å². The predicted molar refractivity (Wildman–Crippen MR) is 100 cm³/mol. The van der Waals surface area contributed by atoms with Crippen molar-refractivity contribution in [2.45, 2.75) is 45.6 Å². The quantitative estimate of drug-likeness (QED) is 0.580. The van der Waals surface area contributed by atoms with Crippen LogP contribution in [-0.2, 0) is 27.9 Å². The third-order valence-corrected chi connectivity index (χ3v) is 5.42. The molecule has 7 nitrogen and oxygen atoms in total. The lowest BCUT2D eigenvalue weighted by Gasteiger charge is -2.27. The van der Waals surface area contributed by atoms with Gasteiger partial charge in [-0.2, -0.15) is 0 Å². The molecule has 1 aromatic heterocycles. The highest BCUT2D eigenvalue weighted by Crippen LogP contribution is 2.37. The maximum atomic E-state index is 12.9. The zero-order chi connectivity index (χ0) is 19.6. The Balaban J connectivity index is 1.69. The Kier molecular flexibility index (Phi) is 5.77. The monoisotopic (exact) mass is 372 g/mol. The van der Waals surface area contributed by atoms with Crippen molar-refractivity contribution in [3.8, 4) is 0 Å². The summed E-state index contributed by atoms with van der Waals surface area (Å²) in [6, 6.07) is -0.739. The van der Waals surface area contributed by atoms with E-state index in [-0.39, 0.29) is 35.5 Å². The Morgan fingerprint density at radius 2 is 1.85 bits per heavy atom. The van der Waals surface area contributed by atoms with Crippen molar-refractivity contribution >= 4 is 17.7 Å². The highest BCUT2D eigenvalue weighted by molar-refractivity contribution is 6.08. The number of nitrogens with one attached hydrogen (secondary N) is 1. The van der Waals surface area contributed by atoms with Crippen molar-refractivity contribution in [2.75, 3.05) is 6.54 Å². The minimum absolute atomic E-state index is 0.191. The van der Waals surface area contributed by atoms with Gasteiger partial charge in [-0.3, -0.25) is 19.3 Å². The number of imidazole rings is 1. The number of amides is 3. The van der Waals surface area contributed by atoms with E-state index in [4.69, 9.17) is 0 Å². The first-order chi connectivity index (χ1) is 12.9. The van der Waals surface area contributed by atoms with Crippen LogP contribution in [0.25, 0.3) is 0 Å². The van der Waals surface area contributed by atoms with E-state index in [0.717, 1.165) is 5.82 Å². The molecule has 146 valence electrons. The molecule has 0 radical (unpaired) electrons. The van der Waals surface area contributed by atoms with Crippen molar-refractivity contribution in [3.05, 3.63) is 30.4 Å². The van der Waals surface area contributed by atoms with Crippen LogP contribution in [0.15, 0.2) is 24.5 Å². The summed E-state index contributed by atoms with van der Waals surface area (Å²) in [7, 11) is 1.91. The van der Waals surface area contributed by atoms with Gasteiger partial charge in [0.2, 0.25) is 17.7 Å². The first-order valence-electron chi connectivity index (χ1n) is 9.66. The number of carbonyl (C=O) groups is 3. The second-order valence-electron chi connectivity index (χ2n) is 7.84. The van der Waals surface area contributed by atoms with Gasteiger partial charge in [0, 0.05) is 32.4 Å². The second kappa shape index (κ2) is 8.06. The minimum Gasteiger partial charge on any atom is -0.354 e. The number of imide groups is 1. The fourth-order valence-corrected chi connectivity index (χ4v) is 3.96. The molecule has 7 heteroatoms. The lowest BCUT2D eigenvalue weighted by Crippen LogP contribution is -2.51. The van der Waals surface area contributed by atoms with E-state index < -0.39 is 6.04 Å². The Morgan fingerprint density at radius 1 is 1.22 bits per heavy atom. The van der Waals surface area contributed by atoms with Gasteiger partial charge in [-0.05, 0) is 25.2 Å². The maximum Gasteiger partial charge on any atom is 0.243 e. The first-order valence-corrected chi connectivity index (χ1v) is 9.66. The van der Waals surface area contributed by atoms with E-state index >= 15 is 0 Å². The Bertz CT molecular complexity index is 726. The number of fused-ring (bicyclic) bond motifs is 1. The topological polar surface area (TPSA) is 84.3 Å². The second-order valence-corrected chi connectivity index (χ2v) is 7.84. The average molecular weight is 372 g/mol. The van der Waals surface area contributed by atoms with Gasteiger partial charge >= 0.3 is 0 Å². The molecule has 0 bridgehead atoms. The molecule has 3 rings (SSSR count). The summed E-state index contributed by atoms with van der Waals surface area (Å²) in [5.74, 6) is -0.197. The highest BCUT2D eigenvalue weighted by atomic mass is 16.2. The smallest absolute Gasteiger partial charge is 0.243 e. The zero-order valence-electron chi connectivity index (χ0n) is 16.2. The van der Waals surface area contributed by atoms with Gasteiger partial charge in [-0.25, -0.2) is 4.98 Å². The number of hydrogen-bond donors (Lipinski definition) is 1. The molecule has 0 spiro atoms. The van der Waals surface area contributed by atoms with Gasteiger partial charge in [0.25, 0.3) is 0 Å². The molecule has 1 fully saturated rings. The molecule has 0 saturated carbocycles. The van der Waals surface area contributed by atoms with Crippen LogP contribution in [0, 0.1) is 17.8 Å². The summed E-state index contributed by atoms with van der Waals surface area (Å²) < 4.78 is 1.91. The van der Waals surface area contributed by atoms with E-state index in [9.17, 15) is 14.4 Å². The van der Waals surface area contributed by atoms with Gasteiger partial charge in [0.1, 0.15) is 11.9 Å². The fraction of sp³-hybridized carbons (Fsp3) is 0.600. The van der Waals surface area contributed by atoms with Gasteiger partial charge in [0.15, 0.2) is 0 Å². The summed E-state index contributed by atoms with van der Waals surface area (Å²) in [5, 5.41) is 2.90. The number of hydrogen-bond acceptors (Lipinski definition) is 4. The molecule has 0 aromatic carbocycles. The number of rotatable bonds is 7. The third kappa shape index (κ3) is 3.96. The first kappa shape index (κ1) is 19.3. The van der Waals surface area contributed by atoms with Crippen LogP contribution in [0.1, 0.15) is 38.9 Å². The highest BCUT2D eigenvalue weighted by Gasteiger charge is 2.51. The zero-order valence-corrected chi connectivity index (χ0v) is 16.2. The van der Waals surface area contributed by atoms with E-state index in [1.807, 2.05) is 43.8 Å². The largest absolute Gasteiger partial charge is 0.354 e. The van der Waals surface area contributed by atoms with Crippen molar-refractivity contribution in [2.24, 2.45) is 24.8 Å². The van der Waals surface area contributed by atoms with Crippen LogP contribution >= 0.6 is 0 Å². The van der Waals surface area contributed by atoms with E-state index in [1.54, 1.807) is 6.20 Å². The number of likely N-dealkylation sites (tertiary alicyclic amines) is 1. The van der Waals surface area contributed by atoms with E-state index in [2.05, 4.69) is 10.3 Å². The van der Waals surface area contributed by atoms with Crippen molar-refractivity contribution in [3.63, 3.8) is 0 Å². The molecule has 1 aliphatic heterocycles. The standard InChI is InChI=1S/C20H28N4O3/c1-13(2)12-16(18(25)22-9-8-17-21-10-11-23(17)3)24-19(26)14-6-4-5-7-15(14)20(24)27/h4-5,10-11,13-16H,6-9,12H2,1-3H3,(H,22,25). The summed E-state index contributed by atoms with van der Waals surface area (Å²) in [6.45, 7) is 4.41. The Morgan fingerprint density at radius 3 is 2.37 bits per heavy atom. The molecule has 3 atom stereocenters. The lowest BCUT2D eigenvalue weighted by molar-refractivity contribution is -0.148. The molecule has 1 N–H and O–H groups in total. The predicted octanol–water partition coefficient (Wildman–Crippen LogP) is 1.44. The Hall–Kier alpha value is -2.44. The van der Waals surface area contributed by atoms with Gasteiger partial charge < -0.3 is 9.88 Å². The third-order valence-electron chi connectivity index (χ3n) is 5.42. The molecular formula is C20H28N4O3. The molecule has 27 heavy (non-hydrogen) atoms. The lowest BCUT2D eigenvalue weighted by atomic mass is 9.85. The Labute approximate surface area is 159 Å². The van der Waals surface area contributed by atoms with Gasteiger partial charge in [-0.15, -0.1) is 0 Å². The van der Waals surface area contributed by atoms with Crippen LogP contribution in [0.3, 0.4) is 0 Å². The molecule has 3 amide bonds. The van der Waals surface area contributed by atoms with Crippen molar-refractivity contribution in [1.82, 2.24) is 19.8 Å². The van der Waals surface area contributed by atoms with Gasteiger partial charge in [-0.1, -0.05) is 26.0 Å². The van der Waals surface area contributed by atoms with Crippen molar-refractivity contribution in [1.29, 1.82) is 0 Å². The molecule has 1 saturated heterocycles. The normalized spacial score (nSPS) is 23.0. The van der Waals surface area contributed by atoms with Gasteiger partial charge in [0.05, 0.1) is 11.8 Å². The molecule has 1 aliphatic carbocycles. The summed E-state index contributed by atoms with van der Waals surface area (Å²) in [5.41, 5.74) is 0. The molecule has 2 heterocycles. The van der Waals surface area contributed by atoms with E-state index in [0.29, 0.717) is 32.2 Å². The molecular weight excluding hydrogens is 344 g/mol. The maximum absolute atomic E-state index is 12.9. The average Bonchev–Trinajstić information content (AvgIpc) is 3.15. The SMILES string of the molecule is CC(C)CC(C(=O)NCCc1nccn1C)N1C(=O)C2CC=CCC2C1=O. The van der Waals surface area contributed by atoms with Crippen LogP contribution < -0.4 is 5.32 Å². The summed E-state index contributed by atoms with van der Waals surface area (Å²) >= 11 is 0. The number of carbonyl (C=O) groups excluding carboxylic acids is 3. The van der Waals surface area contributed by atoms with Crippen LogP contribution in [0.5, 0.6) is 0 Å². The van der Waals surface area contributed by atoms with E-state index in [1.165, 1.54) is 4.90 Å². The summed E-state index contributed by atoms with van der Waals surface area (Å²) in [6.07, 6.45) is 9.73. The molecule has 3 unspecified atom stereocenters. The van der Waals surface area contributed by atoms with Crippen LogP contribution in [0.4, 0.5) is 0 Å².